The number of hydrogen-bond acceptors (Lipinski definition) is 0. The fraction of sp³-hybridized carbons (Fsp3) is 0.800. The van der Waals surface area contributed by atoms with Crippen LogP contribution < -0.4 is 24.8 Å². The first kappa shape index (κ1) is 36.5. The molecule has 0 aliphatic carbocycles. The minimum absolute atomic E-state index is 0. The number of halogens is 2. The third-order valence-electron chi connectivity index (χ3n) is 0. The molecule has 4 radical (unpaired) electrons. The van der Waals surface area contributed by atoms with E-state index in [-0.39, 0.29) is 63.4 Å². The Hall–Kier alpha value is 1.32. The van der Waals surface area contributed by atoms with Crippen molar-refractivity contribution in [2.24, 2.45) is 16.2 Å². The Bertz CT molecular complexity index is 89.5. The van der Waals surface area contributed by atoms with Gasteiger partial charge in [0, 0.05) is 0 Å². The molecule has 18 heavy (non-hydrogen) atoms. The van der Waals surface area contributed by atoms with Gasteiger partial charge in [-0.1, -0.05) is 62.3 Å². The van der Waals surface area contributed by atoms with Crippen molar-refractivity contribution in [3.63, 3.8) is 0 Å². The summed E-state index contributed by atoms with van der Waals surface area (Å²) in [5.74, 6) is 0. The quantitative estimate of drug-likeness (QED) is 0.458. The molecule has 0 bridgehead atoms. The van der Waals surface area contributed by atoms with E-state index in [1.165, 1.54) is 0 Å². The van der Waals surface area contributed by atoms with Crippen molar-refractivity contribution in [1.82, 2.24) is 0 Å². The summed E-state index contributed by atoms with van der Waals surface area (Å²) in [5, 5.41) is 0. The standard InChI is InChI=1S/3C5H11.2ClH.Ta/c3*1-5(2,3)4;;;/h3*1H2,2-4H3;2*1H;/q;;;;;+2/p-2. The Morgan fingerprint density at radius 2 is 0.444 bits per heavy atom. The molecule has 0 atom stereocenters. The molecular weight excluding hydrogens is 432 g/mol. The smallest absolute Gasteiger partial charge is 1.00 e. The molecule has 112 valence electrons. The predicted molar refractivity (Wildman–Crippen MR) is 74.4 cm³/mol. The van der Waals surface area contributed by atoms with Crippen LogP contribution >= 0.6 is 0 Å². The van der Waals surface area contributed by atoms with Crippen molar-refractivity contribution in [3.05, 3.63) is 20.8 Å². The average molecular weight is 465 g/mol. The Labute approximate surface area is 146 Å². The molecular formula is C15H33Cl2Ta. The van der Waals surface area contributed by atoms with E-state index in [1.54, 1.807) is 0 Å². The maximum absolute atomic E-state index is 3.77. The van der Waals surface area contributed by atoms with Crippen molar-refractivity contribution in [2.45, 2.75) is 62.3 Å². The largest absolute Gasteiger partial charge is 2.00 e. The molecule has 0 saturated carbocycles. The van der Waals surface area contributed by atoms with E-state index in [1.807, 2.05) is 0 Å². The molecule has 0 unspecified atom stereocenters. The second-order valence-electron chi connectivity index (χ2n) is 7.68. The van der Waals surface area contributed by atoms with Crippen LogP contribution in [0.2, 0.25) is 0 Å². The van der Waals surface area contributed by atoms with Crippen molar-refractivity contribution in [3.8, 4) is 0 Å². The summed E-state index contributed by atoms with van der Waals surface area (Å²) in [5.41, 5.74) is 0.750. The summed E-state index contributed by atoms with van der Waals surface area (Å²) in [4.78, 5) is 0. The van der Waals surface area contributed by atoms with Gasteiger partial charge in [0.15, 0.2) is 0 Å². The third-order valence-corrected chi connectivity index (χ3v) is 0. The average Bonchev–Trinajstić information content (AvgIpc) is 1.41. The van der Waals surface area contributed by atoms with Gasteiger partial charge in [0.25, 0.3) is 0 Å². The summed E-state index contributed by atoms with van der Waals surface area (Å²) in [6, 6.07) is 0. The zero-order chi connectivity index (χ0) is 13.5. The summed E-state index contributed by atoms with van der Waals surface area (Å²) in [6.45, 7) is 30.0. The second-order valence-corrected chi connectivity index (χ2v) is 7.68. The molecule has 0 nitrogen and oxygen atoms in total. The van der Waals surface area contributed by atoms with Crippen LogP contribution in [0.15, 0.2) is 0 Å². The SMILES string of the molecule is [CH2]C(C)(C)C.[CH2]C(C)(C)C.[CH2]C(C)(C)C.[Cl-].[Cl-].[Ta+2]. The van der Waals surface area contributed by atoms with E-state index in [0.29, 0.717) is 0 Å². The molecule has 0 N–H and O–H groups in total. The van der Waals surface area contributed by atoms with Crippen molar-refractivity contribution >= 4 is 0 Å². The van der Waals surface area contributed by atoms with Gasteiger partial charge in [0.05, 0.1) is 0 Å². The van der Waals surface area contributed by atoms with Gasteiger partial charge in [-0.3, -0.25) is 0 Å². The minimum Gasteiger partial charge on any atom is -1.00 e. The summed E-state index contributed by atoms with van der Waals surface area (Å²) in [6.07, 6.45) is 0. The van der Waals surface area contributed by atoms with Crippen LogP contribution in [-0.4, -0.2) is 0 Å². The van der Waals surface area contributed by atoms with E-state index in [9.17, 15) is 0 Å². The molecule has 0 heterocycles. The van der Waals surface area contributed by atoms with Gasteiger partial charge in [-0.05, 0) is 37.0 Å². The van der Waals surface area contributed by atoms with Gasteiger partial charge < -0.3 is 24.8 Å². The molecule has 0 fully saturated rings. The second kappa shape index (κ2) is 14.7. The molecule has 3 heteroatoms. The van der Waals surface area contributed by atoms with Crippen LogP contribution in [0.25, 0.3) is 0 Å². The van der Waals surface area contributed by atoms with E-state index < -0.39 is 0 Å². The van der Waals surface area contributed by atoms with Gasteiger partial charge in [-0.25, -0.2) is 0 Å². The fourth-order valence-electron chi connectivity index (χ4n) is 0. The Morgan fingerprint density at radius 3 is 0.444 bits per heavy atom. The number of rotatable bonds is 0. The Kier molecular flexibility index (Phi) is 29.9. The first-order chi connectivity index (χ1) is 6.00. The third kappa shape index (κ3) is 2650. The van der Waals surface area contributed by atoms with Crippen LogP contribution in [0.3, 0.4) is 0 Å². The van der Waals surface area contributed by atoms with Gasteiger partial charge in [0.1, 0.15) is 0 Å². The molecule has 0 aliphatic heterocycles. The van der Waals surface area contributed by atoms with Gasteiger partial charge >= 0.3 is 22.4 Å². The zero-order valence-electron chi connectivity index (χ0n) is 13.8. The molecule has 0 amide bonds. The van der Waals surface area contributed by atoms with Gasteiger partial charge in [-0.15, -0.1) is 0 Å². The molecule has 0 saturated heterocycles. The molecule has 0 rings (SSSR count). The summed E-state index contributed by atoms with van der Waals surface area (Å²) < 4.78 is 0. The maximum atomic E-state index is 3.77. The summed E-state index contributed by atoms with van der Waals surface area (Å²) in [7, 11) is 0. The van der Waals surface area contributed by atoms with Crippen LogP contribution in [0.4, 0.5) is 0 Å². The van der Waals surface area contributed by atoms with Crippen LogP contribution in [0.1, 0.15) is 62.3 Å². The van der Waals surface area contributed by atoms with Crippen molar-refractivity contribution < 1.29 is 47.2 Å². The first-order valence-electron chi connectivity index (χ1n) is 5.56. The topological polar surface area (TPSA) is 0 Å². The van der Waals surface area contributed by atoms with Crippen molar-refractivity contribution in [2.75, 3.05) is 0 Å². The Balaban J connectivity index is -0.0000000277. The van der Waals surface area contributed by atoms with Crippen molar-refractivity contribution in [1.29, 1.82) is 0 Å². The van der Waals surface area contributed by atoms with E-state index in [0.717, 1.165) is 0 Å². The Morgan fingerprint density at radius 1 is 0.444 bits per heavy atom. The van der Waals surface area contributed by atoms with E-state index in [4.69, 9.17) is 0 Å². The molecule has 0 aromatic rings. The van der Waals surface area contributed by atoms with Crippen LogP contribution in [-0.2, 0) is 22.4 Å². The van der Waals surface area contributed by atoms with Gasteiger partial charge in [0.2, 0.25) is 0 Å². The monoisotopic (exact) mass is 464 g/mol. The van der Waals surface area contributed by atoms with Gasteiger partial charge in [-0.2, -0.15) is 0 Å². The number of hydrogen-bond donors (Lipinski definition) is 0. The van der Waals surface area contributed by atoms with E-state index >= 15 is 0 Å². The van der Waals surface area contributed by atoms with Crippen LogP contribution in [0.5, 0.6) is 0 Å². The first-order valence-corrected chi connectivity index (χ1v) is 5.56. The molecule has 0 aliphatic rings. The zero-order valence-corrected chi connectivity index (χ0v) is 18.5. The molecule has 0 aromatic carbocycles. The van der Waals surface area contributed by atoms with Crippen LogP contribution in [0, 0.1) is 37.0 Å². The molecule has 0 aromatic heterocycles. The van der Waals surface area contributed by atoms with E-state index in [2.05, 4.69) is 83.1 Å². The predicted octanol–water partition coefficient (Wildman–Crippen LogP) is -0.395. The minimum atomic E-state index is 0. The normalized spacial score (nSPS) is 10.0. The summed E-state index contributed by atoms with van der Waals surface area (Å²) >= 11 is 0. The fourth-order valence-corrected chi connectivity index (χ4v) is 0. The molecule has 0 spiro atoms. The maximum Gasteiger partial charge on any atom is 2.00 e.